The average Bonchev–Trinajstić information content (AvgIpc) is 2.54. The summed E-state index contributed by atoms with van der Waals surface area (Å²) < 4.78 is 0. The largest absolute Gasteiger partial charge is 0.306 e. The van der Waals surface area contributed by atoms with Gasteiger partial charge in [0.05, 0.1) is 0 Å². The predicted octanol–water partition coefficient (Wildman–Crippen LogP) is 8.01. The molecular weight excluding hydrogens is 314 g/mol. The molecule has 148 valence electrons. The van der Waals surface area contributed by atoms with E-state index in [9.17, 15) is 0 Å². The summed E-state index contributed by atoms with van der Waals surface area (Å²) in [5.41, 5.74) is 0. The van der Waals surface area contributed by atoms with Gasteiger partial charge in [-0.3, -0.25) is 0 Å². The molecule has 0 amide bonds. The lowest BCUT2D eigenvalue weighted by Gasteiger charge is -2.24. The highest BCUT2D eigenvalue weighted by atomic mass is 35.5. The molecule has 0 aliphatic heterocycles. The number of nitrogens with zero attached hydrogens (tertiary/aromatic N) is 1. The normalized spacial score (nSPS) is 12.4. The van der Waals surface area contributed by atoms with Gasteiger partial charge in [0.15, 0.2) is 0 Å². The molecule has 0 fully saturated rings. The van der Waals surface area contributed by atoms with Gasteiger partial charge in [0.1, 0.15) is 0 Å². The van der Waals surface area contributed by atoms with Crippen LogP contribution in [0.4, 0.5) is 0 Å². The summed E-state index contributed by atoms with van der Waals surface area (Å²) in [5, 5.41) is 0. The fraction of sp³-hybridized carbons (Fsp3) is 1.00. The Labute approximate surface area is 160 Å². The second-order valence-corrected chi connectivity index (χ2v) is 7.79. The maximum absolute atomic E-state index is 2.47. The van der Waals surface area contributed by atoms with E-state index in [2.05, 4.69) is 32.8 Å². The Balaban J connectivity index is 0. The average molecular weight is 362 g/mol. The maximum Gasteiger partial charge on any atom is 0.00891 e. The quantitative estimate of drug-likeness (QED) is 0.223. The van der Waals surface area contributed by atoms with Gasteiger partial charge in [-0.2, -0.15) is 0 Å². The summed E-state index contributed by atoms with van der Waals surface area (Å²) in [7, 11) is 4.54. The lowest BCUT2D eigenvalue weighted by atomic mass is 9.99. The van der Waals surface area contributed by atoms with E-state index < -0.39 is 0 Å². The van der Waals surface area contributed by atoms with Gasteiger partial charge >= 0.3 is 0 Å². The van der Waals surface area contributed by atoms with E-state index in [4.69, 9.17) is 0 Å². The molecular formula is C22H48ClN. The lowest BCUT2D eigenvalue weighted by molar-refractivity contribution is 0.251. The number of rotatable bonds is 18. The van der Waals surface area contributed by atoms with Crippen molar-refractivity contribution < 1.29 is 0 Å². The minimum absolute atomic E-state index is 0. The van der Waals surface area contributed by atoms with E-state index in [1.54, 1.807) is 0 Å². The molecule has 1 atom stereocenters. The summed E-state index contributed by atoms with van der Waals surface area (Å²) in [5.74, 6) is 0. The van der Waals surface area contributed by atoms with Crippen LogP contribution in [0.2, 0.25) is 0 Å². The molecule has 0 aliphatic rings. The van der Waals surface area contributed by atoms with E-state index >= 15 is 0 Å². The van der Waals surface area contributed by atoms with Crippen LogP contribution in [-0.4, -0.2) is 25.0 Å². The molecule has 0 saturated heterocycles. The van der Waals surface area contributed by atoms with Crippen LogP contribution in [0.5, 0.6) is 0 Å². The summed E-state index contributed by atoms with van der Waals surface area (Å²) >= 11 is 0. The highest BCUT2D eigenvalue weighted by Gasteiger charge is 2.10. The Hall–Kier alpha value is 0.250. The molecule has 1 unspecified atom stereocenters. The molecule has 0 aromatic rings. The zero-order valence-electron chi connectivity index (χ0n) is 17.5. The van der Waals surface area contributed by atoms with Gasteiger partial charge in [0.25, 0.3) is 0 Å². The van der Waals surface area contributed by atoms with Crippen molar-refractivity contribution in [1.29, 1.82) is 0 Å². The maximum atomic E-state index is 2.47. The monoisotopic (exact) mass is 361 g/mol. The van der Waals surface area contributed by atoms with E-state index in [0.717, 1.165) is 6.04 Å². The van der Waals surface area contributed by atoms with Crippen LogP contribution in [-0.2, 0) is 0 Å². The minimum Gasteiger partial charge on any atom is -0.306 e. The standard InChI is InChI=1S/C22H47N.ClH/c1-5-7-9-11-12-13-14-15-17-19-21-22(23(3)4)20-18-16-10-8-6-2;/h22H,5-21H2,1-4H3;1H. The third-order valence-electron chi connectivity index (χ3n) is 5.26. The van der Waals surface area contributed by atoms with Crippen LogP contribution in [0.15, 0.2) is 0 Å². The first-order chi connectivity index (χ1) is 11.2. The van der Waals surface area contributed by atoms with Gasteiger partial charge in [0, 0.05) is 6.04 Å². The topological polar surface area (TPSA) is 3.24 Å². The molecule has 0 bridgehead atoms. The van der Waals surface area contributed by atoms with Crippen molar-refractivity contribution in [2.24, 2.45) is 0 Å². The van der Waals surface area contributed by atoms with Crippen LogP contribution >= 0.6 is 12.4 Å². The molecule has 0 N–H and O–H groups in total. The first-order valence-electron chi connectivity index (χ1n) is 10.9. The fourth-order valence-electron chi connectivity index (χ4n) is 3.51. The van der Waals surface area contributed by atoms with Gasteiger partial charge in [-0.1, -0.05) is 110 Å². The first kappa shape index (κ1) is 26.5. The van der Waals surface area contributed by atoms with Crippen LogP contribution in [0.3, 0.4) is 0 Å². The minimum atomic E-state index is 0. The highest BCUT2D eigenvalue weighted by molar-refractivity contribution is 5.85. The predicted molar refractivity (Wildman–Crippen MR) is 115 cm³/mol. The Morgan fingerprint density at radius 2 is 0.792 bits per heavy atom. The molecule has 0 spiro atoms. The van der Waals surface area contributed by atoms with Crippen molar-refractivity contribution in [3.63, 3.8) is 0 Å². The van der Waals surface area contributed by atoms with Gasteiger partial charge in [-0.15, -0.1) is 12.4 Å². The third kappa shape index (κ3) is 18.6. The van der Waals surface area contributed by atoms with Gasteiger partial charge in [-0.25, -0.2) is 0 Å². The molecule has 0 saturated carbocycles. The number of hydrogen-bond donors (Lipinski definition) is 0. The number of halogens is 1. The van der Waals surface area contributed by atoms with Gasteiger partial charge in [0.2, 0.25) is 0 Å². The molecule has 0 rings (SSSR count). The van der Waals surface area contributed by atoms with Crippen molar-refractivity contribution in [3.05, 3.63) is 0 Å². The lowest BCUT2D eigenvalue weighted by Crippen LogP contribution is -2.27. The SMILES string of the molecule is CCCCCCCCCCCCC(CCCCCCC)N(C)C.Cl. The summed E-state index contributed by atoms with van der Waals surface area (Å²) in [6, 6.07) is 0.825. The molecule has 0 radical (unpaired) electrons. The zero-order chi connectivity index (χ0) is 17.2. The Morgan fingerprint density at radius 3 is 1.08 bits per heavy atom. The highest BCUT2D eigenvalue weighted by Crippen LogP contribution is 2.17. The first-order valence-corrected chi connectivity index (χ1v) is 10.9. The fourth-order valence-corrected chi connectivity index (χ4v) is 3.51. The van der Waals surface area contributed by atoms with Gasteiger partial charge in [-0.05, 0) is 26.9 Å². The van der Waals surface area contributed by atoms with Crippen LogP contribution in [0, 0.1) is 0 Å². The van der Waals surface area contributed by atoms with E-state index in [1.807, 2.05) is 0 Å². The van der Waals surface area contributed by atoms with Crippen LogP contribution in [0.1, 0.15) is 123 Å². The summed E-state index contributed by atoms with van der Waals surface area (Å²) in [4.78, 5) is 2.47. The number of hydrogen-bond acceptors (Lipinski definition) is 1. The Morgan fingerprint density at radius 1 is 0.500 bits per heavy atom. The number of unbranched alkanes of at least 4 members (excludes halogenated alkanes) is 13. The van der Waals surface area contributed by atoms with E-state index in [1.165, 1.54) is 109 Å². The smallest absolute Gasteiger partial charge is 0.00891 e. The zero-order valence-corrected chi connectivity index (χ0v) is 18.3. The van der Waals surface area contributed by atoms with Crippen LogP contribution in [0.25, 0.3) is 0 Å². The van der Waals surface area contributed by atoms with E-state index in [-0.39, 0.29) is 12.4 Å². The molecule has 0 heterocycles. The summed E-state index contributed by atoms with van der Waals surface area (Å²) in [6.07, 6.45) is 24.4. The molecule has 0 aromatic carbocycles. The summed E-state index contributed by atoms with van der Waals surface area (Å²) in [6.45, 7) is 4.60. The van der Waals surface area contributed by atoms with Crippen LogP contribution < -0.4 is 0 Å². The van der Waals surface area contributed by atoms with Gasteiger partial charge < -0.3 is 4.90 Å². The molecule has 0 aliphatic carbocycles. The molecule has 24 heavy (non-hydrogen) atoms. The second kappa shape index (κ2) is 21.3. The van der Waals surface area contributed by atoms with Crippen molar-refractivity contribution in [2.45, 2.75) is 129 Å². The third-order valence-corrected chi connectivity index (χ3v) is 5.26. The van der Waals surface area contributed by atoms with Crippen molar-refractivity contribution in [2.75, 3.05) is 14.1 Å². The Bertz CT molecular complexity index is 218. The van der Waals surface area contributed by atoms with E-state index in [0.29, 0.717) is 0 Å². The molecule has 2 heteroatoms. The second-order valence-electron chi connectivity index (χ2n) is 7.79. The molecule has 0 aromatic heterocycles. The van der Waals surface area contributed by atoms with Crippen molar-refractivity contribution in [3.8, 4) is 0 Å². The Kier molecular flexibility index (Phi) is 23.5. The molecule has 1 nitrogen and oxygen atoms in total. The van der Waals surface area contributed by atoms with Crippen molar-refractivity contribution >= 4 is 12.4 Å². The van der Waals surface area contributed by atoms with Crippen molar-refractivity contribution in [1.82, 2.24) is 4.90 Å².